The Kier molecular flexibility index (Phi) is 3.70. The summed E-state index contributed by atoms with van der Waals surface area (Å²) in [5, 5.41) is 3.35. The Bertz CT molecular complexity index is 467. The van der Waals surface area contributed by atoms with Gasteiger partial charge in [-0.3, -0.25) is 0 Å². The van der Waals surface area contributed by atoms with Crippen LogP contribution in [0.2, 0.25) is 4.34 Å². The van der Waals surface area contributed by atoms with Crippen LogP contribution in [0.5, 0.6) is 0 Å². The lowest BCUT2D eigenvalue weighted by molar-refractivity contribution is 0.716. The first-order valence-corrected chi connectivity index (χ1v) is 7.12. The third-order valence-corrected chi connectivity index (χ3v) is 5.18. The van der Waals surface area contributed by atoms with Crippen molar-refractivity contribution in [1.29, 1.82) is 0 Å². The molecule has 86 valence electrons. The molecule has 0 aliphatic heterocycles. The number of hydrogen-bond acceptors (Lipinski definition) is 3. The molecule has 0 amide bonds. The lowest BCUT2D eigenvalue weighted by Gasteiger charge is -2.11. The summed E-state index contributed by atoms with van der Waals surface area (Å²) < 4.78 is 0.892. The van der Waals surface area contributed by atoms with Crippen LogP contribution in [-0.2, 0) is 0 Å². The molecule has 1 atom stereocenters. The molecule has 1 nitrogen and oxygen atoms in total. The van der Waals surface area contributed by atoms with Gasteiger partial charge in [0.15, 0.2) is 0 Å². The Morgan fingerprint density at radius 3 is 2.38 bits per heavy atom. The van der Waals surface area contributed by atoms with Gasteiger partial charge in [-0.15, -0.1) is 22.7 Å². The maximum atomic E-state index is 6.12. The zero-order valence-electron chi connectivity index (χ0n) is 9.50. The minimum Gasteiger partial charge on any atom is -0.308 e. The highest BCUT2D eigenvalue weighted by Gasteiger charge is 2.17. The van der Waals surface area contributed by atoms with Gasteiger partial charge in [0.1, 0.15) is 0 Å². The Hall–Kier alpha value is -0.350. The normalized spacial score (nSPS) is 13.0. The van der Waals surface area contributed by atoms with Crippen molar-refractivity contribution in [2.45, 2.75) is 19.9 Å². The van der Waals surface area contributed by atoms with E-state index in [9.17, 15) is 0 Å². The third kappa shape index (κ3) is 2.33. The van der Waals surface area contributed by atoms with E-state index in [-0.39, 0.29) is 6.04 Å². The van der Waals surface area contributed by atoms with Crippen LogP contribution in [0, 0.1) is 13.8 Å². The summed E-state index contributed by atoms with van der Waals surface area (Å²) >= 11 is 9.61. The second-order valence-electron chi connectivity index (χ2n) is 3.78. The van der Waals surface area contributed by atoms with E-state index in [1.807, 2.05) is 18.4 Å². The summed E-state index contributed by atoms with van der Waals surface area (Å²) in [6, 6.07) is 6.79. The summed E-state index contributed by atoms with van der Waals surface area (Å²) in [7, 11) is 1.99. The van der Waals surface area contributed by atoms with E-state index in [2.05, 4.69) is 37.4 Å². The first-order valence-electron chi connectivity index (χ1n) is 5.11. The molecule has 16 heavy (non-hydrogen) atoms. The summed E-state index contributed by atoms with van der Waals surface area (Å²) in [5.74, 6) is 0. The zero-order chi connectivity index (χ0) is 11.7. The fraction of sp³-hybridized carbons (Fsp3) is 0.333. The van der Waals surface area contributed by atoms with Crippen LogP contribution in [-0.4, -0.2) is 7.05 Å². The Balaban J connectivity index is 2.36. The predicted octanol–water partition coefficient (Wildman–Crippen LogP) is 4.39. The van der Waals surface area contributed by atoms with E-state index in [1.165, 1.54) is 14.6 Å². The van der Waals surface area contributed by atoms with Gasteiger partial charge in [-0.05, 0) is 44.7 Å². The summed E-state index contributed by atoms with van der Waals surface area (Å²) in [5.41, 5.74) is 1.16. The maximum Gasteiger partial charge on any atom is 0.0961 e. The molecular weight excluding hydrogens is 258 g/mol. The molecule has 0 aliphatic carbocycles. The molecule has 2 heterocycles. The van der Waals surface area contributed by atoms with Crippen LogP contribution >= 0.6 is 34.3 Å². The number of hydrogen-bond donors (Lipinski definition) is 1. The second kappa shape index (κ2) is 4.88. The van der Waals surface area contributed by atoms with Gasteiger partial charge in [0.25, 0.3) is 0 Å². The second-order valence-corrected chi connectivity index (χ2v) is 6.78. The first kappa shape index (κ1) is 12.1. The van der Waals surface area contributed by atoms with Crippen molar-refractivity contribution in [3.05, 3.63) is 42.7 Å². The maximum absolute atomic E-state index is 6.12. The van der Waals surface area contributed by atoms with E-state index in [4.69, 9.17) is 11.6 Å². The highest BCUT2D eigenvalue weighted by atomic mass is 35.5. The molecule has 0 fully saturated rings. The molecule has 1 N–H and O–H groups in total. The van der Waals surface area contributed by atoms with E-state index < -0.39 is 0 Å². The smallest absolute Gasteiger partial charge is 0.0961 e. The molecule has 2 rings (SSSR count). The average molecular weight is 272 g/mol. The van der Waals surface area contributed by atoms with Crippen molar-refractivity contribution in [2.75, 3.05) is 7.05 Å². The summed E-state index contributed by atoms with van der Waals surface area (Å²) in [6.45, 7) is 4.18. The topological polar surface area (TPSA) is 12.0 Å². The Morgan fingerprint density at radius 1 is 1.19 bits per heavy atom. The largest absolute Gasteiger partial charge is 0.308 e. The van der Waals surface area contributed by atoms with Crippen molar-refractivity contribution in [3.63, 3.8) is 0 Å². The standard InChI is InChI=1S/C12H14ClNS2/c1-7-6-10(16-12(7)13)11(14-3)9-5-4-8(2)15-9/h4-6,11,14H,1-3H3. The van der Waals surface area contributed by atoms with Gasteiger partial charge in [-0.25, -0.2) is 0 Å². The highest BCUT2D eigenvalue weighted by Crippen LogP contribution is 2.36. The van der Waals surface area contributed by atoms with Crippen LogP contribution in [0.25, 0.3) is 0 Å². The van der Waals surface area contributed by atoms with Gasteiger partial charge >= 0.3 is 0 Å². The summed E-state index contributed by atoms with van der Waals surface area (Å²) in [6.07, 6.45) is 0. The number of thiophene rings is 2. The average Bonchev–Trinajstić information content (AvgIpc) is 2.77. The van der Waals surface area contributed by atoms with Crippen LogP contribution in [0.3, 0.4) is 0 Å². The molecule has 0 saturated carbocycles. The first-order chi connectivity index (χ1) is 7.61. The summed E-state index contributed by atoms with van der Waals surface area (Å²) in [4.78, 5) is 3.97. The molecule has 2 aromatic heterocycles. The van der Waals surface area contributed by atoms with E-state index >= 15 is 0 Å². The van der Waals surface area contributed by atoms with Crippen molar-refractivity contribution in [2.24, 2.45) is 0 Å². The number of aryl methyl sites for hydroxylation is 2. The molecule has 1 unspecified atom stereocenters. The number of nitrogens with one attached hydrogen (secondary N) is 1. The van der Waals surface area contributed by atoms with E-state index in [1.54, 1.807) is 11.3 Å². The minimum atomic E-state index is 0.273. The van der Waals surface area contributed by atoms with E-state index in [0.29, 0.717) is 0 Å². The fourth-order valence-electron chi connectivity index (χ4n) is 1.66. The molecule has 0 spiro atoms. The van der Waals surface area contributed by atoms with Gasteiger partial charge in [-0.1, -0.05) is 11.6 Å². The van der Waals surface area contributed by atoms with Crippen LogP contribution in [0.1, 0.15) is 26.2 Å². The van der Waals surface area contributed by atoms with Crippen molar-refractivity contribution < 1.29 is 0 Å². The molecular formula is C12H14ClNS2. The Labute approximate surface area is 109 Å². The molecule has 4 heteroatoms. The zero-order valence-corrected chi connectivity index (χ0v) is 11.9. The van der Waals surface area contributed by atoms with Crippen LogP contribution in [0.4, 0.5) is 0 Å². The quantitative estimate of drug-likeness (QED) is 0.873. The van der Waals surface area contributed by atoms with Crippen LogP contribution in [0.15, 0.2) is 18.2 Å². The SMILES string of the molecule is CNC(c1ccc(C)s1)c1cc(C)c(Cl)s1. The monoisotopic (exact) mass is 271 g/mol. The molecule has 0 saturated heterocycles. The molecule has 0 bridgehead atoms. The number of halogens is 1. The van der Waals surface area contributed by atoms with Gasteiger partial charge in [-0.2, -0.15) is 0 Å². The molecule has 0 aliphatic rings. The number of rotatable bonds is 3. The fourth-order valence-corrected chi connectivity index (χ4v) is 4.09. The minimum absolute atomic E-state index is 0.273. The molecule has 0 radical (unpaired) electrons. The van der Waals surface area contributed by atoms with Crippen molar-refractivity contribution in [1.82, 2.24) is 5.32 Å². The third-order valence-electron chi connectivity index (χ3n) is 2.50. The van der Waals surface area contributed by atoms with Gasteiger partial charge < -0.3 is 5.32 Å². The van der Waals surface area contributed by atoms with Crippen molar-refractivity contribution >= 4 is 34.3 Å². The lowest BCUT2D eigenvalue weighted by atomic mass is 10.2. The van der Waals surface area contributed by atoms with Crippen molar-refractivity contribution in [3.8, 4) is 0 Å². The van der Waals surface area contributed by atoms with Gasteiger partial charge in [0, 0.05) is 14.6 Å². The van der Waals surface area contributed by atoms with Gasteiger partial charge in [0.05, 0.1) is 10.4 Å². The van der Waals surface area contributed by atoms with Gasteiger partial charge in [0.2, 0.25) is 0 Å². The Morgan fingerprint density at radius 2 is 1.94 bits per heavy atom. The predicted molar refractivity (Wildman–Crippen MR) is 74.0 cm³/mol. The molecule has 2 aromatic rings. The van der Waals surface area contributed by atoms with E-state index in [0.717, 1.165) is 9.90 Å². The highest BCUT2D eigenvalue weighted by molar-refractivity contribution is 7.17. The molecule has 0 aromatic carbocycles. The van der Waals surface area contributed by atoms with Crippen LogP contribution < -0.4 is 5.32 Å². The lowest BCUT2D eigenvalue weighted by Crippen LogP contribution is -2.14.